The zero-order chi connectivity index (χ0) is 42.8. The molecule has 2 atom stereocenters. The van der Waals surface area contributed by atoms with Crippen LogP contribution in [0.3, 0.4) is 0 Å². The van der Waals surface area contributed by atoms with E-state index in [-0.39, 0.29) is 19.6 Å². The number of phosphoric acid groups is 1. The summed E-state index contributed by atoms with van der Waals surface area (Å²) in [6, 6.07) is 0. The summed E-state index contributed by atoms with van der Waals surface area (Å²) in [6.07, 6.45) is 47.7. The van der Waals surface area contributed by atoms with Crippen LogP contribution in [0.2, 0.25) is 0 Å². The number of nitrogens with zero attached hydrogens (tertiary/aromatic N) is 1. The van der Waals surface area contributed by atoms with E-state index in [2.05, 4.69) is 38.2 Å². The Morgan fingerprint density at radius 2 is 1.05 bits per heavy atom. The highest BCUT2D eigenvalue weighted by molar-refractivity contribution is 7.45. The Morgan fingerprint density at radius 3 is 1.59 bits per heavy atom. The second kappa shape index (κ2) is 40.4. The number of esters is 2. The lowest BCUT2D eigenvalue weighted by atomic mass is 10.1. The summed E-state index contributed by atoms with van der Waals surface area (Å²) in [4.78, 5) is 37.5. The first-order valence-corrected chi connectivity index (χ1v) is 24.8. The molecule has 0 bridgehead atoms. The summed E-state index contributed by atoms with van der Waals surface area (Å²) in [5.41, 5.74) is 0. The monoisotopic (exact) mass is 838 g/mol. The minimum Gasteiger partial charge on any atom is -0.756 e. The van der Waals surface area contributed by atoms with Crippen molar-refractivity contribution < 1.29 is 42.1 Å². The number of rotatable bonds is 42. The molecule has 338 valence electrons. The van der Waals surface area contributed by atoms with E-state index in [1.54, 1.807) is 6.08 Å². The van der Waals surface area contributed by atoms with Crippen molar-refractivity contribution in [2.45, 2.75) is 200 Å². The summed E-state index contributed by atoms with van der Waals surface area (Å²) < 4.78 is 33.7. The largest absolute Gasteiger partial charge is 0.756 e. The molecule has 0 aromatic rings. The van der Waals surface area contributed by atoms with Crippen LogP contribution < -0.4 is 4.89 Å². The van der Waals surface area contributed by atoms with E-state index in [1.807, 2.05) is 33.3 Å². The zero-order valence-corrected chi connectivity index (χ0v) is 38.9. The van der Waals surface area contributed by atoms with E-state index < -0.39 is 32.5 Å². The number of ether oxygens (including phenoxy) is 2. The van der Waals surface area contributed by atoms with Gasteiger partial charge < -0.3 is 27.9 Å². The number of likely N-dealkylation sites (N-methyl/N-ethyl adjacent to an activating group) is 1. The maximum Gasteiger partial charge on any atom is 0.330 e. The van der Waals surface area contributed by atoms with Gasteiger partial charge in [-0.05, 0) is 51.4 Å². The Morgan fingerprint density at radius 1 is 0.586 bits per heavy atom. The molecule has 58 heavy (non-hydrogen) atoms. The van der Waals surface area contributed by atoms with Gasteiger partial charge in [0.15, 0.2) is 6.10 Å². The summed E-state index contributed by atoms with van der Waals surface area (Å²) in [5.74, 6) is -1.09. The molecule has 0 spiro atoms. The van der Waals surface area contributed by atoms with Crippen molar-refractivity contribution in [1.82, 2.24) is 0 Å². The lowest BCUT2D eigenvalue weighted by molar-refractivity contribution is -0.870. The molecule has 0 aromatic heterocycles. The topological polar surface area (TPSA) is 111 Å². The number of quaternary nitrogens is 1. The second-order valence-electron chi connectivity index (χ2n) is 16.8. The first kappa shape index (κ1) is 56.0. The normalized spacial score (nSPS) is 14.0. The fraction of sp³-hybridized carbons (Fsp3) is 0.792. The molecule has 1 unspecified atom stereocenters. The average molecular weight is 838 g/mol. The third-order valence-electron chi connectivity index (χ3n) is 9.93. The molecule has 0 amide bonds. The van der Waals surface area contributed by atoms with Crippen LogP contribution in [0.5, 0.6) is 0 Å². The highest BCUT2D eigenvalue weighted by Gasteiger charge is 2.21. The van der Waals surface area contributed by atoms with Gasteiger partial charge in [0, 0.05) is 12.5 Å². The summed E-state index contributed by atoms with van der Waals surface area (Å²) >= 11 is 0. The van der Waals surface area contributed by atoms with Crippen molar-refractivity contribution in [3.05, 3.63) is 48.6 Å². The summed E-state index contributed by atoms with van der Waals surface area (Å²) in [7, 11) is 1.12. The summed E-state index contributed by atoms with van der Waals surface area (Å²) in [5, 5.41) is 0. The number of hydrogen-bond donors (Lipinski definition) is 0. The molecule has 0 saturated heterocycles. The molecule has 9 nitrogen and oxygen atoms in total. The van der Waals surface area contributed by atoms with Gasteiger partial charge in [0.05, 0.1) is 27.7 Å². The van der Waals surface area contributed by atoms with Crippen molar-refractivity contribution in [3.63, 3.8) is 0 Å². The van der Waals surface area contributed by atoms with Crippen LogP contribution in [0.1, 0.15) is 194 Å². The molecule has 0 radical (unpaired) electrons. The van der Waals surface area contributed by atoms with Crippen LogP contribution >= 0.6 is 7.82 Å². The van der Waals surface area contributed by atoms with Crippen molar-refractivity contribution in [2.24, 2.45) is 0 Å². The number of hydrogen-bond acceptors (Lipinski definition) is 8. The minimum atomic E-state index is -4.65. The number of carbonyl (C=O) groups is 2. The molecule has 0 aliphatic heterocycles. The van der Waals surface area contributed by atoms with Crippen LogP contribution in [-0.2, 0) is 32.7 Å². The van der Waals surface area contributed by atoms with Crippen molar-refractivity contribution in [3.8, 4) is 0 Å². The quantitative estimate of drug-likeness (QED) is 0.0114. The van der Waals surface area contributed by atoms with Crippen molar-refractivity contribution in [1.29, 1.82) is 0 Å². The minimum absolute atomic E-state index is 0.0452. The molecule has 10 heteroatoms. The third-order valence-corrected chi connectivity index (χ3v) is 10.9. The van der Waals surface area contributed by atoms with Crippen molar-refractivity contribution >= 4 is 19.8 Å². The van der Waals surface area contributed by atoms with Crippen molar-refractivity contribution in [2.75, 3.05) is 47.5 Å². The van der Waals surface area contributed by atoms with Crippen LogP contribution in [-0.4, -0.2) is 70.0 Å². The highest BCUT2D eigenvalue weighted by Crippen LogP contribution is 2.38. The maximum atomic E-state index is 12.7. The molecule has 0 aliphatic carbocycles. The number of allylic oxidation sites excluding steroid dienone is 7. The van der Waals surface area contributed by atoms with Gasteiger partial charge in [-0.3, -0.25) is 9.36 Å². The van der Waals surface area contributed by atoms with E-state index in [9.17, 15) is 19.0 Å². The molecule has 0 aromatic carbocycles. The van der Waals surface area contributed by atoms with E-state index in [0.717, 1.165) is 44.9 Å². The molecular weight excluding hydrogens is 750 g/mol. The van der Waals surface area contributed by atoms with E-state index in [0.29, 0.717) is 17.4 Å². The fourth-order valence-electron chi connectivity index (χ4n) is 6.25. The molecule has 0 fully saturated rings. The van der Waals surface area contributed by atoms with Gasteiger partial charge in [-0.1, -0.05) is 178 Å². The number of phosphoric ester groups is 1. The third kappa shape index (κ3) is 43.5. The van der Waals surface area contributed by atoms with Gasteiger partial charge in [0.1, 0.15) is 19.8 Å². The van der Waals surface area contributed by atoms with Gasteiger partial charge in [0.2, 0.25) is 0 Å². The predicted octanol–water partition coefficient (Wildman–Crippen LogP) is 12.8. The van der Waals surface area contributed by atoms with Crippen LogP contribution in [0, 0.1) is 0 Å². The van der Waals surface area contributed by atoms with Crippen LogP contribution in [0.4, 0.5) is 0 Å². The van der Waals surface area contributed by atoms with Gasteiger partial charge >= 0.3 is 11.9 Å². The SMILES string of the molecule is CCCCC/C=C/C/C=C/CCCCCCCCCCCC(=O)O[C@H](COC(=O)/C=C/C=C/CCCCCCCCCCCCC)COP(=O)([O-])OCC[N+](C)(C)C. The van der Waals surface area contributed by atoms with Crippen LogP contribution in [0.15, 0.2) is 48.6 Å². The Labute approximate surface area is 356 Å². The van der Waals surface area contributed by atoms with E-state index in [1.165, 1.54) is 128 Å². The molecule has 0 heterocycles. The Kier molecular flexibility index (Phi) is 39.0. The van der Waals surface area contributed by atoms with Gasteiger partial charge in [-0.15, -0.1) is 0 Å². The average Bonchev–Trinajstić information content (AvgIpc) is 3.17. The molecule has 0 N–H and O–H groups in total. The predicted molar refractivity (Wildman–Crippen MR) is 240 cm³/mol. The lowest BCUT2D eigenvalue weighted by Crippen LogP contribution is -2.37. The second-order valence-corrected chi connectivity index (χ2v) is 18.2. The standard InChI is InChI=1S/C48H88NO8P/c1-6-8-10-12-14-16-18-20-22-23-24-25-27-29-31-33-35-37-39-41-48(51)57-46(45-56-58(52,53)55-43-42-49(3,4)5)44-54-47(50)40-38-36-34-32-30-28-26-21-19-17-15-13-11-9-7-2/h14,16,20,22,34,36,38,40,46H,6-13,15,17-19,21,23-33,35,37,39,41-45H2,1-5H3/b16-14+,22-20+,36-34+,40-38+/t46-/m1/s1. The number of carbonyl (C=O) groups excluding carboxylic acids is 2. The Balaban J connectivity index is 4.40. The zero-order valence-electron chi connectivity index (χ0n) is 38.0. The fourth-order valence-corrected chi connectivity index (χ4v) is 6.97. The smallest absolute Gasteiger partial charge is 0.330 e. The molecule has 0 rings (SSSR count). The first-order valence-electron chi connectivity index (χ1n) is 23.4. The molecule has 0 aliphatic rings. The maximum absolute atomic E-state index is 12.7. The van der Waals surface area contributed by atoms with Gasteiger partial charge in [-0.2, -0.15) is 0 Å². The van der Waals surface area contributed by atoms with E-state index >= 15 is 0 Å². The van der Waals surface area contributed by atoms with Gasteiger partial charge in [0.25, 0.3) is 7.82 Å². The Bertz CT molecular complexity index is 1130. The van der Waals surface area contributed by atoms with Crippen LogP contribution in [0.25, 0.3) is 0 Å². The molecular formula is C48H88NO8P. The highest BCUT2D eigenvalue weighted by atomic mass is 31.2. The first-order chi connectivity index (χ1) is 28.0. The summed E-state index contributed by atoms with van der Waals surface area (Å²) in [6.45, 7) is 4.07. The Hall–Kier alpha value is -2.03. The molecule has 0 saturated carbocycles. The van der Waals surface area contributed by atoms with E-state index in [4.69, 9.17) is 18.5 Å². The number of unbranched alkanes of at least 4 members (excludes halogenated alkanes) is 23. The lowest BCUT2D eigenvalue weighted by Gasteiger charge is -2.28. The van der Waals surface area contributed by atoms with Gasteiger partial charge in [-0.25, -0.2) is 4.79 Å².